The van der Waals surface area contributed by atoms with Crippen LogP contribution in [0.3, 0.4) is 0 Å². The predicted octanol–water partition coefficient (Wildman–Crippen LogP) is 0.705. The molecule has 106 valence electrons. The number of nitrogens with one attached hydrogen (secondary N) is 1. The summed E-state index contributed by atoms with van der Waals surface area (Å²) in [7, 11) is 2.19. The molecule has 1 aliphatic carbocycles. The molecule has 0 radical (unpaired) electrons. The van der Waals surface area contributed by atoms with Crippen molar-refractivity contribution in [2.45, 2.75) is 31.8 Å². The van der Waals surface area contributed by atoms with Gasteiger partial charge < -0.3 is 20.1 Å². The Bertz CT molecular complexity index is 226. The molecule has 1 saturated carbocycles. The number of ether oxygens (including phenoxy) is 1. The zero-order valence-corrected chi connectivity index (χ0v) is 11.6. The molecule has 2 N–H and O–H groups in total. The lowest BCUT2D eigenvalue weighted by Crippen LogP contribution is -2.38. The summed E-state index contributed by atoms with van der Waals surface area (Å²) in [6, 6.07) is 0. The normalized spacial score (nSPS) is 24.3. The van der Waals surface area contributed by atoms with Crippen molar-refractivity contribution in [1.82, 2.24) is 10.2 Å². The molecule has 0 bridgehead atoms. The zero-order valence-electron chi connectivity index (χ0n) is 11.6. The first-order chi connectivity index (χ1) is 8.74. The molecule has 2 aliphatic rings. The van der Waals surface area contributed by atoms with Gasteiger partial charge in [0.05, 0.1) is 12.7 Å². The molecule has 1 heterocycles. The van der Waals surface area contributed by atoms with E-state index in [0.29, 0.717) is 13.2 Å². The van der Waals surface area contributed by atoms with Crippen molar-refractivity contribution in [2.24, 2.45) is 11.8 Å². The summed E-state index contributed by atoms with van der Waals surface area (Å²) in [4.78, 5) is 2.39. The Kier molecular flexibility index (Phi) is 5.89. The Balaban J connectivity index is 1.43. The van der Waals surface area contributed by atoms with Gasteiger partial charge in [0.15, 0.2) is 0 Å². The summed E-state index contributed by atoms with van der Waals surface area (Å²) in [6.45, 7) is 5.44. The van der Waals surface area contributed by atoms with Gasteiger partial charge in [0, 0.05) is 13.2 Å². The number of piperidine rings is 1. The third-order valence-electron chi connectivity index (χ3n) is 4.01. The van der Waals surface area contributed by atoms with Crippen LogP contribution in [0.15, 0.2) is 0 Å². The predicted molar refractivity (Wildman–Crippen MR) is 72.6 cm³/mol. The molecule has 0 aromatic rings. The smallest absolute Gasteiger partial charge is 0.0897 e. The van der Waals surface area contributed by atoms with Crippen molar-refractivity contribution in [1.29, 1.82) is 0 Å². The van der Waals surface area contributed by atoms with Gasteiger partial charge in [-0.3, -0.25) is 0 Å². The number of aliphatic hydroxyl groups excluding tert-OH is 1. The van der Waals surface area contributed by atoms with Gasteiger partial charge in [0.25, 0.3) is 0 Å². The first-order valence-corrected chi connectivity index (χ1v) is 7.39. The summed E-state index contributed by atoms with van der Waals surface area (Å²) in [5, 5.41) is 13.1. The SMILES string of the molecule is CN1CCC(CNCC(O)COCC2CC2)CC1. The Morgan fingerprint density at radius 2 is 1.94 bits per heavy atom. The molecule has 1 aliphatic heterocycles. The fraction of sp³-hybridized carbons (Fsp3) is 1.00. The first-order valence-electron chi connectivity index (χ1n) is 7.39. The van der Waals surface area contributed by atoms with Gasteiger partial charge in [-0.1, -0.05) is 0 Å². The molecule has 1 atom stereocenters. The number of likely N-dealkylation sites (tertiary alicyclic amines) is 1. The van der Waals surface area contributed by atoms with Crippen LogP contribution in [-0.2, 0) is 4.74 Å². The van der Waals surface area contributed by atoms with E-state index in [4.69, 9.17) is 4.74 Å². The number of hydrogen-bond donors (Lipinski definition) is 2. The number of aliphatic hydroxyl groups is 1. The van der Waals surface area contributed by atoms with Crippen molar-refractivity contribution < 1.29 is 9.84 Å². The van der Waals surface area contributed by atoms with E-state index in [9.17, 15) is 5.11 Å². The second-order valence-electron chi connectivity index (χ2n) is 6.04. The minimum absolute atomic E-state index is 0.352. The van der Waals surface area contributed by atoms with Gasteiger partial charge in [0.1, 0.15) is 0 Å². The van der Waals surface area contributed by atoms with Crippen molar-refractivity contribution >= 4 is 0 Å². The monoisotopic (exact) mass is 256 g/mol. The van der Waals surface area contributed by atoms with Gasteiger partial charge in [0.2, 0.25) is 0 Å². The average Bonchev–Trinajstić information content (AvgIpc) is 3.16. The molecule has 4 nitrogen and oxygen atoms in total. The van der Waals surface area contributed by atoms with Gasteiger partial charge in [-0.15, -0.1) is 0 Å². The minimum atomic E-state index is -0.352. The molecule has 0 aromatic carbocycles. The van der Waals surface area contributed by atoms with Crippen LogP contribution in [0.25, 0.3) is 0 Å². The lowest BCUT2D eigenvalue weighted by atomic mass is 9.97. The third kappa shape index (κ3) is 5.65. The second-order valence-corrected chi connectivity index (χ2v) is 6.04. The summed E-state index contributed by atoms with van der Waals surface area (Å²) >= 11 is 0. The third-order valence-corrected chi connectivity index (χ3v) is 4.01. The average molecular weight is 256 g/mol. The van der Waals surface area contributed by atoms with Gasteiger partial charge in [-0.25, -0.2) is 0 Å². The molecule has 1 saturated heterocycles. The second kappa shape index (κ2) is 7.43. The van der Waals surface area contributed by atoms with Crippen LogP contribution in [-0.4, -0.2) is 62.6 Å². The molecule has 0 spiro atoms. The highest BCUT2D eigenvalue weighted by molar-refractivity contribution is 4.74. The minimum Gasteiger partial charge on any atom is -0.389 e. The van der Waals surface area contributed by atoms with E-state index < -0.39 is 0 Å². The Hall–Kier alpha value is -0.160. The van der Waals surface area contributed by atoms with E-state index in [0.717, 1.165) is 25.0 Å². The van der Waals surface area contributed by atoms with Gasteiger partial charge in [-0.2, -0.15) is 0 Å². The molecular formula is C14H28N2O2. The number of rotatable bonds is 8. The van der Waals surface area contributed by atoms with Crippen molar-refractivity contribution in [3.05, 3.63) is 0 Å². The van der Waals surface area contributed by atoms with E-state index in [2.05, 4.69) is 17.3 Å². The Morgan fingerprint density at radius 3 is 2.61 bits per heavy atom. The molecule has 1 unspecified atom stereocenters. The molecule has 0 aromatic heterocycles. The maximum atomic E-state index is 9.76. The lowest BCUT2D eigenvalue weighted by Gasteiger charge is -2.29. The highest BCUT2D eigenvalue weighted by Crippen LogP contribution is 2.28. The standard InChI is InChI=1S/C14H28N2O2/c1-16-6-4-12(5-7-16)8-15-9-14(17)11-18-10-13-2-3-13/h12-15,17H,2-11H2,1H3. The van der Waals surface area contributed by atoms with Crippen LogP contribution in [0.2, 0.25) is 0 Å². The van der Waals surface area contributed by atoms with E-state index in [-0.39, 0.29) is 6.10 Å². The summed E-state index contributed by atoms with van der Waals surface area (Å²) in [6.07, 6.45) is 4.82. The molecule has 4 heteroatoms. The van der Waals surface area contributed by atoms with Crippen LogP contribution >= 0.6 is 0 Å². The molecule has 2 rings (SSSR count). The quantitative estimate of drug-likeness (QED) is 0.671. The Morgan fingerprint density at radius 1 is 1.22 bits per heavy atom. The highest BCUT2D eigenvalue weighted by Gasteiger charge is 2.21. The number of nitrogens with zero attached hydrogens (tertiary/aromatic N) is 1. The molecular weight excluding hydrogens is 228 g/mol. The maximum Gasteiger partial charge on any atom is 0.0897 e. The van der Waals surface area contributed by atoms with Crippen LogP contribution in [0, 0.1) is 11.8 Å². The maximum absolute atomic E-state index is 9.76. The van der Waals surface area contributed by atoms with Crippen molar-refractivity contribution in [3.63, 3.8) is 0 Å². The van der Waals surface area contributed by atoms with Crippen LogP contribution in [0.1, 0.15) is 25.7 Å². The first kappa shape index (κ1) is 14.3. The van der Waals surface area contributed by atoms with Crippen molar-refractivity contribution in [2.75, 3.05) is 46.4 Å². The largest absolute Gasteiger partial charge is 0.389 e. The fourth-order valence-corrected chi connectivity index (χ4v) is 2.43. The Labute approximate surface area is 111 Å². The molecule has 2 fully saturated rings. The lowest BCUT2D eigenvalue weighted by molar-refractivity contribution is 0.0318. The van der Waals surface area contributed by atoms with Crippen LogP contribution < -0.4 is 5.32 Å². The zero-order chi connectivity index (χ0) is 12.8. The topological polar surface area (TPSA) is 44.7 Å². The van der Waals surface area contributed by atoms with E-state index in [1.807, 2.05) is 0 Å². The van der Waals surface area contributed by atoms with E-state index in [1.54, 1.807) is 0 Å². The summed E-state index contributed by atoms with van der Waals surface area (Å²) in [5.41, 5.74) is 0. The van der Waals surface area contributed by atoms with Gasteiger partial charge in [-0.05, 0) is 64.2 Å². The van der Waals surface area contributed by atoms with Crippen molar-refractivity contribution in [3.8, 4) is 0 Å². The fourth-order valence-electron chi connectivity index (χ4n) is 2.43. The molecule has 18 heavy (non-hydrogen) atoms. The van der Waals surface area contributed by atoms with E-state index in [1.165, 1.54) is 38.8 Å². The summed E-state index contributed by atoms with van der Waals surface area (Å²) < 4.78 is 5.48. The van der Waals surface area contributed by atoms with Crippen LogP contribution in [0.5, 0.6) is 0 Å². The van der Waals surface area contributed by atoms with E-state index >= 15 is 0 Å². The highest BCUT2D eigenvalue weighted by atomic mass is 16.5. The number of hydrogen-bond acceptors (Lipinski definition) is 4. The van der Waals surface area contributed by atoms with Crippen LogP contribution in [0.4, 0.5) is 0 Å². The molecule has 0 amide bonds. The summed E-state index contributed by atoms with van der Waals surface area (Å²) in [5.74, 6) is 1.56. The van der Waals surface area contributed by atoms with Gasteiger partial charge >= 0.3 is 0 Å².